The van der Waals surface area contributed by atoms with Crippen LogP contribution in [0, 0.1) is 0 Å². The lowest BCUT2D eigenvalue weighted by atomic mass is 10.1. The zero-order chi connectivity index (χ0) is 10.0. The van der Waals surface area contributed by atoms with E-state index in [0.717, 1.165) is 19.6 Å². The Morgan fingerprint density at radius 3 is 2.69 bits per heavy atom. The smallest absolute Gasteiger partial charge is 0.241 e. The third-order valence-electron chi connectivity index (χ3n) is 2.65. The third-order valence-corrected chi connectivity index (χ3v) is 2.65. The summed E-state index contributed by atoms with van der Waals surface area (Å²) >= 11 is 0. The van der Waals surface area contributed by atoms with Crippen LogP contribution >= 0.6 is 0 Å². The van der Waals surface area contributed by atoms with Crippen molar-refractivity contribution in [3.8, 4) is 0 Å². The van der Waals surface area contributed by atoms with Crippen LogP contribution in [0.4, 0.5) is 0 Å². The summed E-state index contributed by atoms with van der Waals surface area (Å²) in [4.78, 5) is 15.2. The highest BCUT2D eigenvalue weighted by Gasteiger charge is 2.32. The van der Waals surface area contributed by atoms with Gasteiger partial charge in [0.05, 0.1) is 0 Å². The van der Waals surface area contributed by atoms with Crippen LogP contribution in [0.15, 0.2) is 0 Å². The molecule has 1 fully saturated rings. The largest absolute Gasteiger partial charge is 0.338 e. The molecule has 0 saturated carbocycles. The molecule has 1 amide bonds. The molecule has 76 valence electrons. The average molecular weight is 185 g/mol. The summed E-state index contributed by atoms with van der Waals surface area (Å²) in [6.07, 6.45) is 0. The molecule has 1 heterocycles. The molecule has 4 nitrogen and oxygen atoms in total. The minimum atomic E-state index is -0.232. The fourth-order valence-corrected chi connectivity index (χ4v) is 1.27. The Morgan fingerprint density at radius 2 is 2.31 bits per heavy atom. The molecule has 0 aromatic carbocycles. The SMILES string of the molecule is CC(C)N(C)CCN1CC(N)C1=O. The van der Waals surface area contributed by atoms with E-state index in [0.29, 0.717) is 6.04 Å². The maximum Gasteiger partial charge on any atom is 0.241 e. The van der Waals surface area contributed by atoms with Crippen LogP contribution in [-0.4, -0.2) is 54.5 Å². The van der Waals surface area contributed by atoms with Gasteiger partial charge in [0.1, 0.15) is 6.04 Å². The number of rotatable bonds is 4. The van der Waals surface area contributed by atoms with E-state index in [2.05, 4.69) is 25.8 Å². The molecule has 1 rings (SSSR count). The van der Waals surface area contributed by atoms with E-state index < -0.39 is 0 Å². The second kappa shape index (κ2) is 4.07. The van der Waals surface area contributed by atoms with Crippen molar-refractivity contribution in [1.29, 1.82) is 0 Å². The van der Waals surface area contributed by atoms with Gasteiger partial charge in [0, 0.05) is 25.7 Å². The van der Waals surface area contributed by atoms with Gasteiger partial charge in [-0.3, -0.25) is 4.79 Å². The topological polar surface area (TPSA) is 49.6 Å². The Bertz CT molecular complexity index is 193. The third kappa shape index (κ3) is 2.42. The zero-order valence-electron chi connectivity index (χ0n) is 8.66. The first-order valence-corrected chi connectivity index (χ1v) is 4.77. The summed E-state index contributed by atoms with van der Waals surface area (Å²) in [5, 5.41) is 0. The number of likely N-dealkylation sites (N-methyl/N-ethyl adjacent to an activating group) is 1. The Kier molecular flexibility index (Phi) is 3.27. The van der Waals surface area contributed by atoms with Crippen molar-refractivity contribution in [1.82, 2.24) is 9.80 Å². The number of β-lactam (4-membered cyclic amide) rings is 1. The van der Waals surface area contributed by atoms with Crippen LogP contribution in [0.3, 0.4) is 0 Å². The molecule has 0 aromatic rings. The quantitative estimate of drug-likeness (QED) is 0.600. The van der Waals surface area contributed by atoms with E-state index in [4.69, 9.17) is 5.73 Å². The molecule has 13 heavy (non-hydrogen) atoms. The molecule has 1 aliphatic heterocycles. The van der Waals surface area contributed by atoms with Crippen LogP contribution in [0.2, 0.25) is 0 Å². The van der Waals surface area contributed by atoms with Crippen molar-refractivity contribution < 1.29 is 4.79 Å². The zero-order valence-corrected chi connectivity index (χ0v) is 8.66. The Morgan fingerprint density at radius 1 is 1.69 bits per heavy atom. The monoisotopic (exact) mass is 185 g/mol. The van der Waals surface area contributed by atoms with Crippen LogP contribution in [0.1, 0.15) is 13.8 Å². The summed E-state index contributed by atoms with van der Waals surface area (Å²) < 4.78 is 0. The van der Waals surface area contributed by atoms with Crippen molar-refractivity contribution >= 4 is 5.91 Å². The molecule has 1 saturated heterocycles. The first kappa shape index (κ1) is 10.5. The van der Waals surface area contributed by atoms with Crippen LogP contribution in [0.25, 0.3) is 0 Å². The van der Waals surface area contributed by atoms with Crippen molar-refractivity contribution in [2.45, 2.75) is 25.9 Å². The van der Waals surface area contributed by atoms with Crippen LogP contribution in [-0.2, 0) is 4.79 Å². The summed E-state index contributed by atoms with van der Waals surface area (Å²) in [5.41, 5.74) is 5.47. The number of carbonyl (C=O) groups is 1. The fourth-order valence-electron chi connectivity index (χ4n) is 1.27. The van der Waals surface area contributed by atoms with Crippen LogP contribution in [0.5, 0.6) is 0 Å². The minimum absolute atomic E-state index is 0.0946. The van der Waals surface area contributed by atoms with E-state index in [9.17, 15) is 4.79 Å². The van der Waals surface area contributed by atoms with Crippen LogP contribution < -0.4 is 5.73 Å². The highest BCUT2D eigenvalue weighted by molar-refractivity contribution is 5.87. The van der Waals surface area contributed by atoms with Crippen molar-refractivity contribution in [3.05, 3.63) is 0 Å². The average Bonchev–Trinajstić information content (AvgIpc) is 2.10. The summed E-state index contributed by atoms with van der Waals surface area (Å²) in [5.74, 6) is 0.0946. The second-order valence-corrected chi connectivity index (χ2v) is 3.97. The molecule has 4 heteroatoms. The van der Waals surface area contributed by atoms with Gasteiger partial charge < -0.3 is 15.5 Å². The lowest BCUT2D eigenvalue weighted by Gasteiger charge is -2.37. The van der Waals surface area contributed by atoms with Gasteiger partial charge in [-0.15, -0.1) is 0 Å². The van der Waals surface area contributed by atoms with E-state index >= 15 is 0 Å². The number of hydrogen-bond acceptors (Lipinski definition) is 3. The van der Waals surface area contributed by atoms with Gasteiger partial charge in [0.15, 0.2) is 0 Å². The summed E-state index contributed by atoms with van der Waals surface area (Å²) in [6, 6.07) is 0.300. The normalized spacial score (nSPS) is 22.8. The molecule has 2 N–H and O–H groups in total. The number of carbonyl (C=O) groups excluding carboxylic acids is 1. The second-order valence-electron chi connectivity index (χ2n) is 3.97. The number of likely N-dealkylation sites (tertiary alicyclic amines) is 1. The number of amides is 1. The van der Waals surface area contributed by atoms with Gasteiger partial charge >= 0.3 is 0 Å². The van der Waals surface area contributed by atoms with Gasteiger partial charge in [0.25, 0.3) is 0 Å². The first-order chi connectivity index (χ1) is 6.02. The van der Waals surface area contributed by atoms with Gasteiger partial charge in [0.2, 0.25) is 5.91 Å². The van der Waals surface area contributed by atoms with Crippen molar-refractivity contribution in [3.63, 3.8) is 0 Å². The highest BCUT2D eigenvalue weighted by atomic mass is 16.2. The summed E-state index contributed by atoms with van der Waals surface area (Å²) in [6.45, 7) is 6.75. The predicted octanol–water partition coefficient (Wildman–Crippen LogP) is -0.504. The number of nitrogens with two attached hydrogens (primary N) is 1. The van der Waals surface area contributed by atoms with Crippen molar-refractivity contribution in [2.24, 2.45) is 5.73 Å². The molecule has 1 unspecified atom stereocenters. The molecule has 0 bridgehead atoms. The Hall–Kier alpha value is -0.610. The first-order valence-electron chi connectivity index (χ1n) is 4.77. The lowest BCUT2D eigenvalue weighted by molar-refractivity contribution is -0.142. The number of nitrogens with zero attached hydrogens (tertiary/aromatic N) is 2. The van der Waals surface area contributed by atoms with Crippen molar-refractivity contribution in [2.75, 3.05) is 26.7 Å². The molecule has 0 aromatic heterocycles. The Balaban J connectivity index is 2.17. The van der Waals surface area contributed by atoms with E-state index in [1.165, 1.54) is 0 Å². The van der Waals surface area contributed by atoms with E-state index in [1.54, 1.807) is 0 Å². The summed E-state index contributed by atoms with van der Waals surface area (Å²) in [7, 11) is 2.06. The highest BCUT2D eigenvalue weighted by Crippen LogP contribution is 2.07. The Labute approximate surface area is 79.7 Å². The molecule has 1 atom stereocenters. The molecule has 0 radical (unpaired) electrons. The van der Waals surface area contributed by atoms with E-state index in [-0.39, 0.29) is 11.9 Å². The fraction of sp³-hybridized carbons (Fsp3) is 0.889. The minimum Gasteiger partial charge on any atom is -0.338 e. The number of hydrogen-bond donors (Lipinski definition) is 1. The lowest BCUT2D eigenvalue weighted by Crippen LogP contribution is -2.62. The van der Waals surface area contributed by atoms with E-state index in [1.807, 2.05) is 4.90 Å². The standard InChI is InChI=1S/C9H19N3O/c1-7(2)11(3)4-5-12-6-8(10)9(12)13/h7-8H,4-6,10H2,1-3H3. The molecule has 0 aliphatic carbocycles. The molecule has 1 aliphatic rings. The molecular weight excluding hydrogens is 166 g/mol. The van der Waals surface area contributed by atoms with Gasteiger partial charge in [-0.2, -0.15) is 0 Å². The molecule has 0 spiro atoms. The van der Waals surface area contributed by atoms with Gasteiger partial charge in [-0.25, -0.2) is 0 Å². The maximum absolute atomic E-state index is 11.1. The molecular formula is C9H19N3O. The van der Waals surface area contributed by atoms with Gasteiger partial charge in [-0.1, -0.05) is 0 Å². The predicted molar refractivity (Wildman–Crippen MR) is 52.3 cm³/mol. The van der Waals surface area contributed by atoms with Gasteiger partial charge in [-0.05, 0) is 20.9 Å². The maximum atomic E-state index is 11.1.